The third-order valence-electron chi connectivity index (χ3n) is 6.40. The summed E-state index contributed by atoms with van der Waals surface area (Å²) in [5.41, 5.74) is 5.18. The van der Waals surface area contributed by atoms with Gasteiger partial charge >= 0.3 is 6.03 Å². The number of pyridine rings is 1. The summed E-state index contributed by atoms with van der Waals surface area (Å²) in [6.45, 7) is 2.36. The maximum atomic E-state index is 14.2. The van der Waals surface area contributed by atoms with Crippen LogP contribution in [0, 0.1) is 5.82 Å². The number of nitrogens with zero attached hydrogens (tertiary/aromatic N) is 4. The maximum Gasteiger partial charge on any atom is 0.354 e. The van der Waals surface area contributed by atoms with Crippen LogP contribution >= 0.6 is 0 Å². The average Bonchev–Trinajstić information content (AvgIpc) is 2.99. The Morgan fingerprint density at radius 2 is 2.13 bits per heavy atom. The molecule has 30 heavy (non-hydrogen) atoms. The summed E-state index contributed by atoms with van der Waals surface area (Å²) in [4.78, 5) is 17.7. The molecule has 2 aromatic rings. The monoisotopic (exact) mass is 432 g/mol. The number of rotatable bonds is 4. The highest BCUT2D eigenvalue weighted by Crippen LogP contribution is 2.58. The first-order valence-electron chi connectivity index (χ1n) is 10.5. The van der Waals surface area contributed by atoms with Gasteiger partial charge in [0.1, 0.15) is 0 Å². The Labute approximate surface area is 174 Å². The summed E-state index contributed by atoms with van der Waals surface area (Å²) in [6.07, 6.45) is 8.76. The van der Waals surface area contributed by atoms with Crippen LogP contribution in [0.1, 0.15) is 61.5 Å². The molecule has 1 spiro atoms. The molecule has 0 radical (unpaired) electrons. The molecule has 2 amide bonds. The van der Waals surface area contributed by atoms with Crippen molar-refractivity contribution in [2.75, 3.05) is 5.32 Å². The van der Waals surface area contributed by atoms with Gasteiger partial charge in [0.25, 0.3) is 0 Å². The molecule has 1 atom stereocenters. The Kier molecular flexibility index (Phi) is 4.48. The van der Waals surface area contributed by atoms with Gasteiger partial charge in [-0.2, -0.15) is 5.10 Å². The molecule has 1 fully saturated rings. The molecule has 2 heterocycles. The van der Waals surface area contributed by atoms with Crippen LogP contribution in [0.5, 0.6) is 0 Å². The largest absolute Gasteiger partial charge is 0.354 e. The summed E-state index contributed by atoms with van der Waals surface area (Å²) in [7, 11) is -3.81. The van der Waals surface area contributed by atoms with Gasteiger partial charge in [-0.3, -0.25) is 9.67 Å². The van der Waals surface area contributed by atoms with Crippen molar-refractivity contribution in [1.29, 1.82) is 0 Å². The van der Waals surface area contributed by atoms with Gasteiger partial charge in [0.15, 0.2) is 15.7 Å². The Bertz CT molecular complexity index is 1180. The van der Waals surface area contributed by atoms with Crippen LogP contribution in [0.2, 0.25) is 0 Å². The lowest BCUT2D eigenvalue weighted by Crippen LogP contribution is -2.20. The van der Waals surface area contributed by atoms with Gasteiger partial charge in [0, 0.05) is 17.7 Å². The quantitative estimate of drug-likeness (QED) is 0.772. The van der Waals surface area contributed by atoms with Gasteiger partial charge in [-0.05, 0) is 62.5 Å². The molecule has 3 N–H and O–H groups in total. The summed E-state index contributed by atoms with van der Waals surface area (Å²) < 4.78 is 32.0. The number of nitrogens with one attached hydrogen (secondary N) is 1. The summed E-state index contributed by atoms with van der Waals surface area (Å²) >= 11 is 0. The SMILES string of the molecule is CCCn1cc(F)c(S(N)(=O)=NC(=O)Nc2c3c(nc4c2CCC42CC2)CCC3)n1. The van der Waals surface area contributed by atoms with Gasteiger partial charge in [-0.1, -0.05) is 6.92 Å². The van der Waals surface area contributed by atoms with E-state index < -0.39 is 26.8 Å². The van der Waals surface area contributed by atoms with E-state index in [4.69, 9.17) is 10.1 Å². The van der Waals surface area contributed by atoms with E-state index in [1.54, 1.807) is 0 Å². The number of carbonyl (C=O) groups excluding carboxylic acids is 1. The Balaban J connectivity index is 1.49. The minimum atomic E-state index is -3.81. The second-order valence-electron chi connectivity index (χ2n) is 8.51. The number of halogens is 1. The van der Waals surface area contributed by atoms with E-state index in [2.05, 4.69) is 14.8 Å². The fourth-order valence-electron chi connectivity index (χ4n) is 4.79. The number of hydrogen-bond donors (Lipinski definition) is 2. The number of nitrogens with two attached hydrogens (primary N) is 1. The average molecular weight is 433 g/mol. The van der Waals surface area contributed by atoms with Crippen molar-refractivity contribution in [1.82, 2.24) is 14.8 Å². The molecule has 10 heteroatoms. The van der Waals surface area contributed by atoms with Gasteiger partial charge in [-0.25, -0.2) is 18.5 Å². The summed E-state index contributed by atoms with van der Waals surface area (Å²) in [5, 5.41) is 12.0. The normalized spacial score (nSPS) is 20.0. The minimum absolute atomic E-state index is 0.181. The van der Waals surface area contributed by atoms with Crippen LogP contribution in [-0.2, 0) is 41.1 Å². The number of aromatic nitrogens is 3. The Hall–Kier alpha value is -2.33. The predicted octanol–water partition coefficient (Wildman–Crippen LogP) is 3.23. The first-order chi connectivity index (χ1) is 14.3. The van der Waals surface area contributed by atoms with Gasteiger partial charge in [0.2, 0.25) is 5.03 Å². The van der Waals surface area contributed by atoms with Crippen LogP contribution in [0.15, 0.2) is 15.6 Å². The zero-order valence-corrected chi connectivity index (χ0v) is 17.7. The first-order valence-corrected chi connectivity index (χ1v) is 12.0. The highest BCUT2D eigenvalue weighted by Gasteiger charge is 2.51. The molecule has 0 aliphatic heterocycles. The van der Waals surface area contributed by atoms with E-state index in [1.165, 1.54) is 4.68 Å². The number of amides is 2. The van der Waals surface area contributed by atoms with Gasteiger partial charge in [0.05, 0.1) is 17.6 Å². The molecule has 0 saturated heterocycles. The Morgan fingerprint density at radius 1 is 1.33 bits per heavy atom. The molecule has 160 valence electrons. The van der Waals surface area contributed by atoms with Crippen molar-refractivity contribution >= 4 is 21.6 Å². The lowest BCUT2D eigenvalue weighted by molar-refractivity contribution is 0.260. The van der Waals surface area contributed by atoms with E-state index in [9.17, 15) is 13.4 Å². The molecule has 1 unspecified atom stereocenters. The minimum Gasteiger partial charge on any atom is -0.305 e. The van der Waals surface area contributed by atoms with Crippen molar-refractivity contribution in [3.8, 4) is 0 Å². The molecule has 2 aromatic heterocycles. The van der Waals surface area contributed by atoms with Crippen molar-refractivity contribution < 1.29 is 13.4 Å². The number of fused-ring (bicyclic) bond motifs is 3. The second-order valence-corrected chi connectivity index (χ2v) is 10.2. The van der Waals surface area contributed by atoms with Crippen molar-refractivity contribution in [3.05, 3.63) is 34.5 Å². The zero-order chi connectivity index (χ0) is 21.1. The van der Waals surface area contributed by atoms with E-state index in [-0.39, 0.29) is 5.41 Å². The van der Waals surface area contributed by atoms with Crippen molar-refractivity contribution in [2.45, 2.75) is 75.3 Å². The van der Waals surface area contributed by atoms with E-state index in [0.717, 1.165) is 85.8 Å². The molecule has 0 aromatic carbocycles. The third-order valence-corrected chi connectivity index (χ3v) is 7.67. The van der Waals surface area contributed by atoms with Gasteiger partial charge < -0.3 is 5.32 Å². The number of anilines is 1. The topological polar surface area (TPSA) is 115 Å². The predicted molar refractivity (Wildman–Crippen MR) is 110 cm³/mol. The smallest absolute Gasteiger partial charge is 0.305 e. The maximum absolute atomic E-state index is 14.2. The van der Waals surface area contributed by atoms with Crippen LogP contribution < -0.4 is 10.5 Å². The third kappa shape index (κ3) is 3.13. The molecule has 3 aliphatic carbocycles. The number of urea groups is 1. The van der Waals surface area contributed by atoms with E-state index in [0.29, 0.717) is 6.54 Å². The van der Waals surface area contributed by atoms with Crippen LogP contribution in [0.25, 0.3) is 0 Å². The van der Waals surface area contributed by atoms with Crippen molar-refractivity contribution in [3.63, 3.8) is 0 Å². The molecular weight excluding hydrogens is 407 g/mol. The van der Waals surface area contributed by atoms with Crippen LogP contribution in [-0.4, -0.2) is 25.0 Å². The fraction of sp³-hybridized carbons (Fsp3) is 0.550. The fourth-order valence-corrected chi connectivity index (χ4v) is 5.73. The van der Waals surface area contributed by atoms with Crippen LogP contribution in [0.4, 0.5) is 14.9 Å². The zero-order valence-electron chi connectivity index (χ0n) is 16.9. The molecule has 8 nitrogen and oxygen atoms in total. The van der Waals surface area contributed by atoms with Crippen LogP contribution in [0.3, 0.4) is 0 Å². The number of hydrogen-bond acceptors (Lipinski definition) is 4. The lowest BCUT2D eigenvalue weighted by atomic mass is 10.0. The molecule has 1 saturated carbocycles. The second kappa shape index (κ2) is 6.84. The summed E-state index contributed by atoms with van der Waals surface area (Å²) in [6, 6.07) is -0.841. The summed E-state index contributed by atoms with van der Waals surface area (Å²) in [5.74, 6) is -0.825. The van der Waals surface area contributed by atoms with E-state index in [1.807, 2.05) is 6.92 Å². The molecule has 0 bridgehead atoms. The highest BCUT2D eigenvalue weighted by molar-refractivity contribution is 7.91. The molecule has 3 aliphatic rings. The Morgan fingerprint density at radius 3 is 2.87 bits per heavy atom. The number of aryl methyl sites for hydroxylation is 2. The van der Waals surface area contributed by atoms with Gasteiger partial charge in [-0.15, -0.1) is 4.36 Å². The lowest BCUT2D eigenvalue weighted by Gasteiger charge is -2.16. The molecular formula is C20H25FN6O2S. The van der Waals surface area contributed by atoms with E-state index >= 15 is 0 Å². The highest BCUT2D eigenvalue weighted by atomic mass is 32.2. The first kappa shape index (κ1) is 19.6. The van der Waals surface area contributed by atoms with Crippen molar-refractivity contribution in [2.24, 2.45) is 9.50 Å². The molecule has 5 rings (SSSR count). The standard InChI is InChI=1S/C20H25FN6O2S/c1-2-10-27-11-14(21)18(25-27)30(22,29)26-19(28)24-16-12-4-3-5-15(12)23-17-13(16)6-7-20(17)8-9-20/h11H,2-10H2,1H3,(H3,22,23,24,26,28,29). The number of carbonyl (C=O) groups is 1.